The van der Waals surface area contributed by atoms with Crippen LogP contribution < -0.4 is 0 Å². The molecule has 7 rings (SSSR count). The molecular formula is C46H51N4OPt-. The van der Waals surface area contributed by atoms with Crippen LogP contribution in [-0.2, 0) is 42.7 Å². The van der Waals surface area contributed by atoms with Gasteiger partial charge in [-0.15, -0.1) is 34.9 Å². The largest absolute Gasteiger partial charge is 0.515 e. The molecule has 0 aliphatic carbocycles. The van der Waals surface area contributed by atoms with E-state index in [0.717, 1.165) is 61.5 Å². The van der Waals surface area contributed by atoms with Gasteiger partial charge >= 0.3 is 0 Å². The first-order chi connectivity index (χ1) is 23.7. The maximum Gasteiger partial charge on any atom is 0.221 e. The van der Waals surface area contributed by atoms with Crippen LogP contribution in [0.4, 0.5) is 0 Å². The Balaban J connectivity index is 0.00000464. The zero-order valence-corrected chi connectivity index (χ0v) is 34.9. The molecule has 0 saturated heterocycles. The monoisotopic (exact) mass is 870 g/mol. The molecule has 4 aromatic carbocycles. The van der Waals surface area contributed by atoms with Gasteiger partial charge in [-0.05, 0) is 74.2 Å². The number of rotatable bonds is 3. The van der Waals surface area contributed by atoms with Crippen LogP contribution in [0.15, 0.2) is 85.1 Å². The van der Waals surface area contributed by atoms with Crippen LogP contribution in [0.2, 0.25) is 0 Å². The van der Waals surface area contributed by atoms with E-state index >= 15 is 0 Å². The number of phenolic OH excluding ortho intramolecular Hbond substituents is 1. The molecule has 3 aromatic heterocycles. The first kappa shape index (κ1) is 37.5. The van der Waals surface area contributed by atoms with E-state index in [9.17, 15) is 5.11 Å². The van der Waals surface area contributed by atoms with Gasteiger partial charge in [0.25, 0.3) is 0 Å². The molecule has 272 valence electrons. The van der Waals surface area contributed by atoms with E-state index in [1.165, 1.54) is 16.7 Å². The Morgan fingerprint density at radius 2 is 1.15 bits per heavy atom. The summed E-state index contributed by atoms with van der Waals surface area (Å²) < 4.78 is 4.43. The van der Waals surface area contributed by atoms with Crippen molar-refractivity contribution in [2.24, 2.45) is 0 Å². The number of hydrogen-bond acceptors (Lipinski definition) is 3. The van der Waals surface area contributed by atoms with Gasteiger partial charge in [0.05, 0.1) is 27.8 Å². The third-order valence-electron chi connectivity index (χ3n) is 10.2. The third kappa shape index (κ3) is 6.51. The molecular weight excluding hydrogens is 820 g/mol. The van der Waals surface area contributed by atoms with Crippen LogP contribution in [0.3, 0.4) is 0 Å². The topological polar surface area (TPSA) is 55.4 Å². The van der Waals surface area contributed by atoms with E-state index < -0.39 is 0 Å². The number of fused-ring (bicyclic) bond motifs is 5. The average molecular weight is 871 g/mol. The molecule has 0 unspecified atom stereocenters. The fraction of sp³-hybridized carbons (Fsp3) is 0.348. The van der Waals surface area contributed by atoms with E-state index in [-0.39, 0.29) is 42.7 Å². The molecule has 0 aliphatic heterocycles. The summed E-state index contributed by atoms with van der Waals surface area (Å²) in [6.07, 6.45) is 1.90. The van der Waals surface area contributed by atoms with E-state index in [1.807, 2.05) is 6.20 Å². The summed E-state index contributed by atoms with van der Waals surface area (Å²) in [5.41, 5.74) is 11.7. The fourth-order valence-corrected chi connectivity index (χ4v) is 7.01. The molecule has 5 nitrogen and oxygen atoms in total. The number of pyridine rings is 1. The van der Waals surface area contributed by atoms with Gasteiger partial charge in [-0.1, -0.05) is 125 Å². The molecule has 0 atom stereocenters. The maximum atomic E-state index is 11.9. The van der Waals surface area contributed by atoms with Gasteiger partial charge in [-0.2, -0.15) is 0 Å². The smallest absolute Gasteiger partial charge is 0.221 e. The van der Waals surface area contributed by atoms with Crippen LogP contribution in [0.25, 0.3) is 55.9 Å². The normalized spacial score (nSPS) is 12.9. The zero-order valence-electron chi connectivity index (χ0n) is 32.6. The summed E-state index contributed by atoms with van der Waals surface area (Å²) in [6.45, 7) is 26.6. The molecule has 52 heavy (non-hydrogen) atoms. The predicted octanol–water partition coefficient (Wildman–Crippen LogP) is 11.9. The number of hydrogen-bond donors (Lipinski definition) is 1. The standard InChI is InChI=1S/C46H51N4O.Pt/c1-43(2,3)30-20-21-47-39(27-30)50-37-18-14-13-17-36(37)49-38-19-15-16-33(40(38)48-42(49)50)28-22-29(24-31(23-28)44(4,5)6)34-25-32(45(7,8)9)26-35(41(34)51)46(10,11)12;/h13-21,23-27,51H,1-12H3;/q-1;. The van der Waals surface area contributed by atoms with Crippen molar-refractivity contribution >= 4 is 27.8 Å². The minimum atomic E-state index is -0.240. The summed E-state index contributed by atoms with van der Waals surface area (Å²) in [5.74, 6) is 1.98. The molecule has 0 spiro atoms. The summed E-state index contributed by atoms with van der Waals surface area (Å²) >= 11 is 0. The molecule has 3 heterocycles. The number of nitrogens with zero attached hydrogens (tertiary/aromatic N) is 4. The van der Waals surface area contributed by atoms with Crippen LogP contribution >= 0.6 is 0 Å². The Hall–Kier alpha value is -4.21. The number of aromatic hydroxyl groups is 1. The fourth-order valence-electron chi connectivity index (χ4n) is 7.01. The van der Waals surface area contributed by atoms with Crippen molar-refractivity contribution in [1.82, 2.24) is 18.9 Å². The van der Waals surface area contributed by atoms with Crippen molar-refractivity contribution in [3.63, 3.8) is 0 Å². The Morgan fingerprint density at radius 1 is 0.577 bits per heavy atom. The SMILES string of the molecule is CC(C)(C)c1cc(-c2cc(C(C)(C)C)cc(C(C)(C)C)c2O)[c-]c(-c2cccc3c2nc2n(-c4cc(C(C)(C)C)ccn4)c4ccccc4n32)c1.[Pt]. The van der Waals surface area contributed by atoms with Gasteiger partial charge < -0.3 is 5.11 Å². The second kappa shape index (κ2) is 12.7. The molecule has 6 heteroatoms. The van der Waals surface area contributed by atoms with Gasteiger partial charge in [0.15, 0.2) is 0 Å². The van der Waals surface area contributed by atoms with E-state index in [0.29, 0.717) is 5.75 Å². The number of imidazole rings is 2. The van der Waals surface area contributed by atoms with Gasteiger partial charge in [0.1, 0.15) is 5.82 Å². The number of para-hydroxylation sites is 3. The van der Waals surface area contributed by atoms with Gasteiger partial charge in [-0.3, -0.25) is 8.97 Å². The third-order valence-corrected chi connectivity index (χ3v) is 10.2. The number of phenols is 1. The molecule has 0 bridgehead atoms. The molecule has 1 N–H and O–H groups in total. The molecule has 0 radical (unpaired) electrons. The first-order valence-electron chi connectivity index (χ1n) is 18.1. The average Bonchev–Trinajstić information content (AvgIpc) is 3.57. The Bertz CT molecular complexity index is 2470. The summed E-state index contributed by atoms with van der Waals surface area (Å²) in [5, 5.41) is 11.9. The Labute approximate surface area is 323 Å². The van der Waals surface area contributed by atoms with Crippen molar-refractivity contribution in [2.45, 2.75) is 105 Å². The van der Waals surface area contributed by atoms with Crippen LogP contribution in [0.5, 0.6) is 5.75 Å². The summed E-state index contributed by atoms with van der Waals surface area (Å²) in [6, 6.07) is 31.7. The van der Waals surface area contributed by atoms with E-state index in [2.05, 4.69) is 177 Å². The predicted molar refractivity (Wildman–Crippen MR) is 213 cm³/mol. The number of benzene rings is 4. The van der Waals surface area contributed by atoms with Crippen molar-refractivity contribution in [1.29, 1.82) is 0 Å². The molecule has 7 aromatic rings. The maximum absolute atomic E-state index is 11.9. The van der Waals surface area contributed by atoms with E-state index in [1.54, 1.807) is 0 Å². The Kier molecular flexibility index (Phi) is 9.19. The van der Waals surface area contributed by atoms with Crippen LogP contribution in [0, 0.1) is 6.07 Å². The van der Waals surface area contributed by atoms with E-state index in [4.69, 9.17) is 9.97 Å². The summed E-state index contributed by atoms with van der Waals surface area (Å²) in [7, 11) is 0. The second-order valence-electron chi connectivity index (χ2n) is 18.3. The van der Waals surface area contributed by atoms with Crippen LogP contribution in [0.1, 0.15) is 105 Å². The van der Waals surface area contributed by atoms with Gasteiger partial charge in [0, 0.05) is 27.3 Å². The van der Waals surface area contributed by atoms with Crippen molar-refractivity contribution in [3.8, 4) is 33.8 Å². The van der Waals surface area contributed by atoms with Crippen molar-refractivity contribution in [3.05, 3.63) is 113 Å². The van der Waals surface area contributed by atoms with Crippen molar-refractivity contribution < 1.29 is 26.2 Å². The van der Waals surface area contributed by atoms with Gasteiger partial charge in [-0.25, -0.2) is 9.97 Å². The molecule has 0 aliphatic rings. The molecule has 0 fully saturated rings. The zero-order chi connectivity index (χ0) is 36.8. The van der Waals surface area contributed by atoms with Gasteiger partial charge in [0.2, 0.25) is 5.78 Å². The number of aromatic nitrogens is 4. The van der Waals surface area contributed by atoms with Crippen molar-refractivity contribution in [2.75, 3.05) is 0 Å². The van der Waals surface area contributed by atoms with Crippen LogP contribution in [-0.4, -0.2) is 24.0 Å². The quantitative estimate of drug-likeness (QED) is 0.180. The Morgan fingerprint density at radius 3 is 1.77 bits per heavy atom. The minimum Gasteiger partial charge on any atom is -0.515 e. The molecule has 0 saturated carbocycles. The summed E-state index contributed by atoms with van der Waals surface area (Å²) in [4.78, 5) is 10.3. The first-order valence-corrected chi connectivity index (χ1v) is 18.1. The minimum absolute atomic E-state index is 0. The molecule has 0 amide bonds. The second-order valence-corrected chi connectivity index (χ2v) is 18.3.